The first-order valence-corrected chi connectivity index (χ1v) is 8.87. The summed E-state index contributed by atoms with van der Waals surface area (Å²) < 4.78 is 6.64. The molecule has 0 aromatic carbocycles. The summed E-state index contributed by atoms with van der Waals surface area (Å²) >= 11 is 0. The maximum absolute atomic E-state index is 12.9. The van der Waals surface area contributed by atoms with Crippen molar-refractivity contribution in [2.24, 2.45) is 5.92 Å². The number of hydrogen-bond acceptors (Lipinski definition) is 5. The highest BCUT2D eigenvalue weighted by Crippen LogP contribution is 2.23. The number of nitrogen functional groups attached to an aromatic ring is 1. The Balaban J connectivity index is 2.57. The molecule has 8 heteroatoms. The molecule has 2 aromatic rings. The molecule has 0 saturated carbocycles. The molecular weight excluding hydrogens is 336 g/mol. The second-order valence-electron chi connectivity index (χ2n) is 6.31. The standard InChI is InChI=1S/C18H26N4O4/c1-4-6-9-21-15(19)14(16(23)20-18(21)25)22(17(24)12(3)5-2)11-13-8-7-10-26-13/h7-8,10,12H,4-6,9,11,19H2,1-3H3,(H,20,23,25)/t12-/m1/s1. The summed E-state index contributed by atoms with van der Waals surface area (Å²) in [7, 11) is 0. The zero-order valence-corrected chi connectivity index (χ0v) is 15.4. The van der Waals surface area contributed by atoms with Crippen molar-refractivity contribution < 1.29 is 9.21 Å². The lowest BCUT2D eigenvalue weighted by Gasteiger charge is -2.26. The average Bonchev–Trinajstić information content (AvgIpc) is 3.12. The summed E-state index contributed by atoms with van der Waals surface area (Å²) in [4.78, 5) is 41.1. The number of carbonyl (C=O) groups excluding carboxylic acids is 1. The highest BCUT2D eigenvalue weighted by Gasteiger charge is 2.27. The number of nitrogens with two attached hydrogens (primary N) is 1. The smallest absolute Gasteiger partial charge is 0.330 e. The van der Waals surface area contributed by atoms with Crippen LogP contribution in [0.1, 0.15) is 45.8 Å². The van der Waals surface area contributed by atoms with Crippen molar-refractivity contribution in [1.82, 2.24) is 9.55 Å². The number of carbonyl (C=O) groups is 1. The predicted molar refractivity (Wildman–Crippen MR) is 100.0 cm³/mol. The monoisotopic (exact) mass is 362 g/mol. The number of nitrogens with zero attached hydrogens (tertiary/aromatic N) is 2. The van der Waals surface area contributed by atoms with Gasteiger partial charge in [-0.05, 0) is 25.0 Å². The average molecular weight is 362 g/mol. The van der Waals surface area contributed by atoms with Gasteiger partial charge < -0.3 is 10.2 Å². The lowest BCUT2D eigenvalue weighted by Crippen LogP contribution is -2.42. The Morgan fingerprint density at radius 2 is 2.12 bits per heavy atom. The van der Waals surface area contributed by atoms with E-state index in [1.807, 2.05) is 13.8 Å². The van der Waals surface area contributed by atoms with Gasteiger partial charge in [-0.2, -0.15) is 0 Å². The van der Waals surface area contributed by atoms with Crippen LogP contribution in [0.25, 0.3) is 0 Å². The van der Waals surface area contributed by atoms with Crippen molar-refractivity contribution in [3.05, 3.63) is 45.0 Å². The molecule has 0 radical (unpaired) electrons. The van der Waals surface area contributed by atoms with Gasteiger partial charge in [-0.15, -0.1) is 0 Å². The quantitative estimate of drug-likeness (QED) is 0.746. The van der Waals surface area contributed by atoms with Crippen LogP contribution in [0.2, 0.25) is 0 Å². The third-order valence-electron chi connectivity index (χ3n) is 4.41. The fourth-order valence-electron chi connectivity index (χ4n) is 2.64. The second kappa shape index (κ2) is 8.55. The number of aromatic amines is 1. The van der Waals surface area contributed by atoms with E-state index >= 15 is 0 Å². The molecule has 8 nitrogen and oxygen atoms in total. The van der Waals surface area contributed by atoms with E-state index in [4.69, 9.17) is 10.2 Å². The Morgan fingerprint density at radius 3 is 2.69 bits per heavy atom. The topological polar surface area (TPSA) is 114 Å². The van der Waals surface area contributed by atoms with Gasteiger partial charge in [0.15, 0.2) is 5.69 Å². The third kappa shape index (κ3) is 4.07. The van der Waals surface area contributed by atoms with Crippen LogP contribution in [0, 0.1) is 5.92 Å². The molecule has 0 saturated heterocycles. The summed E-state index contributed by atoms with van der Waals surface area (Å²) in [5.74, 6) is -0.0382. The van der Waals surface area contributed by atoms with Crippen LogP contribution >= 0.6 is 0 Å². The van der Waals surface area contributed by atoms with Crippen LogP contribution in [0.5, 0.6) is 0 Å². The Labute approximate surface area is 151 Å². The number of unbranched alkanes of at least 4 members (excludes halogenated alkanes) is 1. The van der Waals surface area contributed by atoms with Gasteiger partial charge in [0.2, 0.25) is 5.91 Å². The zero-order chi connectivity index (χ0) is 19.3. The first kappa shape index (κ1) is 19.6. The number of furan rings is 1. The molecule has 0 fully saturated rings. The molecule has 3 N–H and O–H groups in total. The molecule has 0 aliphatic heterocycles. The van der Waals surface area contributed by atoms with E-state index in [2.05, 4.69) is 4.98 Å². The minimum Gasteiger partial charge on any atom is -0.467 e. The maximum atomic E-state index is 12.9. The van der Waals surface area contributed by atoms with Crippen LogP contribution in [-0.2, 0) is 17.9 Å². The van der Waals surface area contributed by atoms with Crippen molar-refractivity contribution in [3.8, 4) is 0 Å². The SMILES string of the molecule is CCCCn1c(N)c(N(Cc2ccco2)C(=O)[C@H](C)CC)c(=O)[nH]c1=O. The molecule has 1 atom stereocenters. The van der Waals surface area contributed by atoms with Crippen LogP contribution in [0.3, 0.4) is 0 Å². The molecule has 0 spiro atoms. The Morgan fingerprint density at radius 1 is 1.38 bits per heavy atom. The predicted octanol–water partition coefficient (Wildman–Crippen LogP) is 2.09. The van der Waals surface area contributed by atoms with E-state index in [-0.39, 0.29) is 29.9 Å². The highest BCUT2D eigenvalue weighted by atomic mass is 16.3. The van der Waals surface area contributed by atoms with Crippen LogP contribution in [-0.4, -0.2) is 15.5 Å². The number of anilines is 2. The normalized spacial score (nSPS) is 12.1. The lowest BCUT2D eigenvalue weighted by molar-refractivity contribution is -0.122. The van der Waals surface area contributed by atoms with E-state index in [1.165, 1.54) is 15.7 Å². The first-order valence-electron chi connectivity index (χ1n) is 8.87. The van der Waals surface area contributed by atoms with E-state index in [9.17, 15) is 14.4 Å². The zero-order valence-electron chi connectivity index (χ0n) is 15.4. The first-order chi connectivity index (χ1) is 12.4. The summed E-state index contributed by atoms with van der Waals surface area (Å²) in [6, 6.07) is 3.42. The summed E-state index contributed by atoms with van der Waals surface area (Å²) in [5, 5.41) is 0. The number of aromatic nitrogens is 2. The Kier molecular flexibility index (Phi) is 6.43. The van der Waals surface area contributed by atoms with Crippen molar-refractivity contribution in [2.45, 2.75) is 53.1 Å². The molecule has 2 heterocycles. The Hall–Kier alpha value is -2.77. The highest BCUT2D eigenvalue weighted by molar-refractivity contribution is 5.96. The number of nitrogens with one attached hydrogen (secondary N) is 1. The van der Waals surface area contributed by atoms with Crippen molar-refractivity contribution in [1.29, 1.82) is 0 Å². The minimum absolute atomic E-state index is 0.00425. The molecule has 0 bridgehead atoms. The molecule has 0 unspecified atom stereocenters. The van der Waals surface area contributed by atoms with E-state index < -0.39 is 11.2 Å². The van der Waals surface area contributed by atoms with Crippen molar-refractivity contribution >= 4 is 17.4 Å². The van der Waals surface area contributed by atoms with Crippen LogP contribution in [0.15, 0.2) is 32.4 Å². The molecule has 142 valence electrons. The largest absolute Gasteiger partial charge is 0.467 e. The molecule has 1 amide bonds. The van der Waals surface area contributed by atoms with Gasteiger partial charge in [0.1, 0.15) is 11.6 Å². The fraction of sp³-hybridized carbons (Fsp3) is 0.500. The maximum Gasteiger partial charge on any atom is 0.330 e. The van der Waals surface area contributed by atoms with E-state index in [0.29, 0.717) is 18.7 Å². The lowest BCUT2D eigenvalue weighted by atomic mass is 10.1. The summed E-state index contributed by atoms with van der Waals surface area (Å²) in [5.41, 5.74) is 4.89. The molecule has 2 aromatic heterocycles. The van der Waals surface area contributed by atoms with Gasteiger partial charge in [0, 0.05) is 12.5 Å². The second-order valence-corrected chi connectivity index (χ2v) is 6.31. The van der Waals surface area contributed by atoms with Gasteiger partial charge in [0.25, 0.3) is 5.56 Å². The summed E-state index contributed by atoms with van der Waals surface area (Å²) in [6.45, 7) is 6.11. The molecule has 0 aliphatic rings. The van der Waals surface area contributed by atoms with Crippen LogP contribution < -0.4 is 21.9 Å². The number of hydrogen-bond donors (Lipinski definition) is 2. The van der Waals surface area contributed by atoms with E-state index in [0.717, 1.165) is 12.8 Å². The Bertz CT molecular complexity index is 851. The summed E-state index contributed by atoms with van der Waals surface area (Å²) in [6.07, 6.45) is 3.70. The number of rotatable bonds is 8. The third-order valence-corrected chi connectivity index (χ3v) is 4.41. The van der Waals surface area contributed by atoms with Crippen molar-refractivity contribution in [2.75, 3.05) is 10.6 Å². The molecule has 0 aliphatic carbocycles. The minimum atomic E-state index is -0.677. The van der Waals surface area contributed by atoms with E-state index in [1.54, 1.807) is 19.1 Å². The van der Waals surface area contributed by atoms with Gasteiger partial charge in [-0.25, -0.2) is 4.79 Å². The van der Waals surface area contributed by atoms with Gasteiger partial charge in [-0.3, -0.25) is 24.0 Å². The fourth-order valence-corrected chi connectivity index (χ4v) is 2.64. The number of amides is 1. The number of H-pyrrole nitrogens is 1. The molecular formula is C18H26N4O4. The van der Waals surface area contributed by atoms with Crippen LogP contribution in [0.4, 0.5) is 11.5 Å². The van der Waals surface area contributed by atoms with Crippen molar-refractivity contribution in [3.63, 3.8) is 0 Å². The molecule has 2 rings (SSSR count). The van der Waals surface area contributed by atoms with Gasteiger partial charge in [-0.1, -0.05) is 27.2 Å². The van der Waals surface area contributed by atoms with Gasteiger partial charge >= 0.3 is 5.69 Å². The molecule has 26 heavy (non-hydrogen) atoms. The van der Waals surface area contributed by atoms with Gasteiger partial charge in [0.05, 0.1) is 12.8 Å².